The van der Waals surface area contributed by atoms with Crippen molar-refractivity contribution in [2.24, 2.45) is 0 Å². The molecule has 1 aliphatic rings. The van der Waals surface area contributed by atoms with E-state index in [1.54, 1.807) is 10.9 Å². The van der Waals surface area contributed by atoms with Crippen LogP contribution in [0.3, 0.4) is 0 Å². The maximum Gasteiger partial charge on any atom is 0.227 e. The molecule has 0 bridgehead atoms. The maximum absolute atomic E-state index is 12.7. The van der Waals surface area contributed by atoms with E-state index < -0.39 is 0 Å². The second-order valence-electron chi connectivity index (χ2n) is 6.34. The number of benzene rings is 1. The third-order valence-electron chi connectivity index (χ3n) is 4.66. The van der Waals surface area contributed by atoms with Crippen LogP contribution in [0.5, 0.6) is 0 Å². The quantitative estimate of drug-likeness (QED) is 0.789. The van der Waals surface area contributed by atoms with Crippen molar-refractivity contribution in [1.29, 1.82) is 0 Å². The highest BCUT2D eigenvalue weighted by Gasteiger charge is 2.26. The Balaban J connectivity index is 1.39. The fourth-order valence-corrected chi connectivity index (χ4v) is 3.31. The molecule has 7 heteroatoms. The Bertz CT molecular complexity index is 810. The number of nitrogens with zero attached hydrogens (tertiary/aromatic N) is 5. The number of H-pyrrole nitrogens is 1. The molecule has 25 heavy (non-hydrogen) atoms. The van der Waals surface area contributed by atoms with Crippen molar-refractivity contribution in [1.82, 2.24) is 29.9 Å². The minimum absolute atomic E-state index is 0.163. The van der Waals surface area contributed by atoms with E-state index in [0.717, 1.165) is 36.5 Å². The first-order chi connectivity index (χ1) is 12.3. The summed E-state index contributed by atoms with van der Waals surface area (Å²) in [5, 5.41) is 11.1. The highest BCUT2D eigenvalue weighted by Crippen LogP contribution is 2.24. The third kappa shape index (κ3) is 3.45. The number of aromatic amines is 1. The molecule has 1 fully saturated rings. The fraction of sp³-hybridized carbons (Fsp3) is 0.333. The van der Waals surface area contributed by atoms with Crippen LogP contribution in [0.2, 0.25) is 0 Å². The SMILES string of the molecule is O=C(Cc1ccc(-n2cccn2)cc1)N1CCC[C@H](c2ncn[nH]2)C1. The lowest BCUT2D eigenvalue weighted by atomic mass is 9.97. The summed E-state index contributed by atoms with van der Waals surface area (Å²) in [7, 11) is 0. The molecule has 0 aliphatic carbocycles. The molecule has 0 unspecified atom stereocenters. The van der Waals surface area contributed by atoms with E-state index in [1.807, 2.05) is 41.4 Å². The predicted molar refractivity (Wildman–Crippen MR) is 92.2 cm³/mol. The van der Waals surface area contributed by atoms with Crippen LogP contribution in [0.1, 0.15) is 30.1 Å². The number of likely N-dealkylation sites (tertiary alicyclic amines) is 1. The topological polar surface area (TPSA) is 79.7 Å². The van der Waals surface area contributed by atoms with E-state index >= 15 is 0 Å². The van der Waals surface area contributed by atoms with Gasteiger partial charge in [0.2, 0.25) is 5.91 Å². The minimum atomic E-state index is 0.163. The van der Waals surface area contributed by atoms with E-state index in [2.05, 4.69) is 20.3 Å². The van der Waals surface area contributed by atoms with Crippen LogP contribution in [-0.2, 0) is 11.2 Å². The number of rotatable bonds is 4. The van der Waals surface area contributed by atoms with Gasteiger partial charge in [-0.1, -0.05) is 12.1 Å². The van der Waals surface area contributed by atoms with E-state index in [4.69, 9.17) is 0 Å². The number of amides is 1. The molecule has 0 radical (unpaired) electrons. The van der Waals surface area contributed by atoms with Crippen molar-refractivity contribution in [3.63, 3.8) is 0 Å². The lowest BCUT2D eigenvalue weighted by Crippen LogP contribution is -2.40. The molecule has 1 amide bonds. The summed E-state index contributed by atoms with van der Waals surface area (Å²) in [5.41, 5.74) is 2.01. The lowest BCUT2D eigenvalue weighted by molar-refractivity contribution is -0.131. The van der Waals surface area contributed by atoms with Crippen molar-refractivity contribution in [3.8, 4) is 5.69 Å². The van der Waals surface area contributed by atoms with Gasteiger partial charge in [-0.3, -0.25) is 9.89 Å². The summed E-state index contributed by atoms with van der Waals surface area (Å²) >= 11 is 0. The number of carbonyl (C=O) groups excluding carboxylic acids is 1. The zero-order valence-corrected chi connectivity index (χ0v) is 13.9. The Morgan fingerprint density at radius 3 is 2.88 bits per heavy atom. The van der Waals surface area contributed by atoms with Crippen LogP contribution < -0.4 is 0 Å². The molecule has 0 saturated carbocycles. The van der Waals surface area contributed by atoms with Crippen LogP contribution in [0.15, 0.2) is 49.1 Å². The molecule has 0 spiro atoms. The van der Waals surface area contributed by atoms with Gasteiger partial charge in [-0.15, -0.1) is 0 Å². The molecule has 2 aromatic heterocycles. The van der Waals surface area contributed by atoms with Gasteiger partial charge in [-0.05, 0) is 36.6 Å². The molecule has 3 aromatic rings. The van der Waals surface area contributed by atoms with Gasteiger partial charge in [0.05, 0.1) is 12.1 Å². The summed E-state index contributed by atoms with van der Waals surface area (Å²) in [6.07, 6.45) is 7.63. The number of nitrogens with one attached hydrogen (secondary N) is 1. The number of hydrogen-bond donors (Lipinski definition) is 1. The first-order valence-electron chi connectivity index (χ1n) is 8.51. The van der Waals surface area contributed by atoms with Crippen LogP contribution in [-0.4, -0.2) is 48.9 Å². The summed E-state index contributed by atoms with van der Waals surface area (Å²) in [6.45, 7) is 1.52. The molecule has 4 rings (SSSR count). The van der Waals surface area contributed by atoms with Crippen LogP contribution in [0.4, 0.5) is 0 Å². The third-order valence-corrected chi connectivity index (χ3v) is 4.66. The molecule has 1 aromatic carbocycles. The molecule has 128 valence electrons. The highest BCUT2D eigenvalue weighted by molar-refractivity contribution is 5.79. The number of piperidine rings is 1. The Kier molecular flexibility index (Phi) is 4.28. The van der Waals surface area contributed by atoms with Crippen LogP contribution in [0.25, 0.3) is 5.69 Å². The molecule has 1 atom stereocenters. The van der Waals surface area contributed by atoms with Gasteiger partial charge in [0.1, 0.15) is 12.2 Å². The second-order valence-corrected chi connectivity index (χ2v) is 6.34. The minimum Gasteiger partial charge on any atom is -0.342 e. The average molecular weight is 336 g/mol. The van der Waals surface area contributed by atoms with Gasteiger partial charge in [0.25, 0.3) is 0 Å². The van der Waals surface area contributed by atoms with Crippen molar-refractivity contribution >= 4 is 5.91 Å². The Morgan fingerprint density at radius 2 is 2.16 bits per heavy atom. The van der Waals surface area contributed by atoms with Gasteiger partial charge >= 0.3 is 0 Å². The monoisotopic (exact) mass is 336 g/mol. The summed E-state index contributed by atoms with van der Waals surface area (Å²) < 4.78 is 1.80. The summed E-state index contributed by atoms with van der Waals surface area (Å²) in [6, 6.07) is 9.85. The van der Waals surface area contributed by atoms with Crippen molar-refractivity contribution in [2.75, 3.05) is 13.1 Å². The van der Waals surface area contributed by atoms with Gasteiger partial charge < -0.3 is 4.90 Å². The van der Waals surface area contributed by atoms with Crippen molar-refractivity contribution < 1.29 is 4.79 Å². The van der Waals surface area contributed by atoms with E-state index in [1.165, 1.54) is 6.33 Å². The standard InChI is InChI=1S/C18H20N6O/c25-17(23-9-1-3-15(12-23)18-19-13-20-22-18)11-14-4-6-16(7-5-14)24-10-2-8-21-24/h2,4-8,10,13,15H,1,3,9,11-12H2,(H,19,20,22)/t15-/m0/s1. The van der Waals surface area contributed by atoms with Crippen molar-refractivity contribution in [2.45, 2.75) is 25.2 Å². The van der Waals surface area contributed by atoms with Crippen molar-refractivity contribution in [3.05, 3.63) is 60.4 Å². The van der Waals surface area contributed by atoms with E-state index in [0.29, 0.717) is 13.0 Å². The first-order valence-corrected chi connectivity index (χ1v) is 8.51. The Morgan fingerprint density at radius 1 is 1.28 bits per heavy atom. The lowest BCUT2D eigenvalue weighted by Gasteiger charge is -2.31. The number of carbonyl (C=O) groups is 1. The summed E-state index contributed by atoms with van der Waals surface area (Å²) in [4.78, 5) is 18.8. The first kappa shape index (κ1) is 15.6. The van der Waals surface area contributed by atoms with Gasteiger partial charge in [0, 0.05) is 31.4 Å². The zero-order chi connectivity index (χ0) is 17.1. The second kappa shape index (κ2) is 6.88. The molecule has 3 heterocycles. The molecule has 1 aliphatic heterocycles. The predicted octanol–water partition coefficient (Wildman–Crippen LogP) is 1.94. The smallest absolute Gasteiger partial charge is 0.227 e. The Labute approximate surface area is 145 Å². The fourth-order valence-electron chi connectivity index (χ4n) is 3.31. The maximum atomic E-state index is 12.7. The van der Waals surface area contributed by atoms with Crippen LogP contribution >= 0.6 is 0 Å². The van der Waals surface area contributed by atoms with Gasteiger partial charge in [-0.2, -0.15) is 10.2 Å². The largest absolute Gasteiger partial charge is 0.342 e. The molecular weight excluding hydrogens is 316 g/mol. The number of hydrogen-bond acceptors (Lipinski definition) is 4. The molecular formula is C18H20N6O. The highest BCUT2D eigenvalue weighted by atomic mass is 16.2. The molecule has 1 saturated heterocycles. The normalized spacial score (nSPS) is 17.6. The van der Waals surface area contributed by atoms with Gasteiger partial charge in [-0.25, -0.2) is 9.67 Å². The summed E-state index contributed by atoms with van der Waals surface area (Å²) in [5.74, 6) is 1.29. The number of aromatic nitrogens is 5. The van der Waals surface area contributed by atoms with E-state index in [9.17, 15) is 4.79 Å². The molecule has 7 nitrogen and oxygen atoms in total. The average Bonchev–Trinajstić information content (AvgIpc) is 3.36. The van der Waals surface area contributed by atoms with Gasteiger partial charge in [0.15, 0.2) is 0 Å². The Hall–Kier alpha value is -2.96. The van der Waals surface area contributed by atoms with Crippen LogP contribution in [0, 0.1) is 0 Å². The van der Waals surface area contributed by atoms with E-state index in [-0.39, 0.29) is 11.8 Å². The molecule has 1 N–H and O–H groups in total. The zero-order valence-electron chi connectivity index (χ0n) is 13.9.